The van der Waals surface area contributed by atoms with Crippen LogP contribution in [-0.4, -0.2) is 57.1 Å². The lowest BCUT2D eigenvalue weighted by atomic mass is 10.1. The van der Waals surface area contributed by atoms with Crippen molar-refractivity contribution in [3.05, 3.63) is 59.7 Å². The van der Waals surface area contributed by atoms with Crippen molar-refractivity contribution in [2.24, 2.45) is 0 Å². The van der Waals surface area contributed by atoms with E-state index in [0.29, 0.717) is 30.8 Å². The van der Waals surface area contributed by atoms with Gasteiger partial charge >= 0.3 is 0 Å². The standard InChI is InChI=1S/C27H39N3O5S/c1-7-25(27(32)28-20(2)3)29(19-22-15-13-21(4)14-16-22)26(31)12-9-17-30(36(6,33)34)23-10-8-11-24(18-23)35-5/h8,10-11,13-16,18,20,25H,7,9,12,17,19H2,1-6H3,(H,28,32)/t25-/m0/s1. The summed E-state index contributed by atoms with van der Waals surface area (Å²) in [5.74, 6) is 0.158. The summed E-state index contributed by atoms with van der Waals surface area (Å²) in [5.41, 5.74) is 2.52. The normalized spacial score (nSPS) is 12.2. The van der Waals surface area contributed by atoms with Crippen LogP contribution < -0.4 is 14.4 Å². The summed E-state index contributed by atoms with van der Waals surface area (Å²) in [4.78, 5) is 28.0. The quantitative estimate of drug-likeness (QED) is 0.435. The Balaban J connectivity index is 2.22. The molecule has 0 aliphatic rings. The number of benzene rings is 2. The molecular weight excluding hydrogens is 478 g/mol. The SMILES string of the molecule is CC[C@@H](C(=O)NC(C)C)N(Cc1ccc(C)cc1)C(=O)CCCN(c1cccc(OC)c1)S(C)(=O)=O. The van der Waals surface area contributed by atoms with Crippen LogP contribution in [0.15, 0.2) is 48.5 Å². The van der Waals surface area contributed by atoms with Crippen molar-refractivity contribution in [2.75, 3.05) is 24.2 Å². The number of carbonyl (C=O) groups is 2. The lowest BCUT2D eigenvalue weighted by molar-refractivity contribution is -0.141. The second kappa shape index (κ2) is 13.3. The third-order valence-electron chi connectivity index (χ3n) is 5.78. The molecule has 1 atom stereocenters. The molecule has 0 spiro atoms. The van der Waals surface area contributed by atoms with Crippen LogP contribution in [0.3, 0.4) is 0 Å². The Labute approximate surface area is 215 Å². The smallest absolute Gasteiger partial charge is 0.243 e. The van der Waals surface area contributed by atoms with Crippen molar-refractivity contribution in [1.29, 1.82) is 0 Å². The molecular formula is C27H39N3O5S. The van der Waals surface area contributed by atoms with Gasteiger partial charge in [-0.2, -0.15) is 0 Å². The summed E-state index contributed by atoms with van der Waals surface area (Å²) in [6, 6.07) is 14.0. The first-order valence-electron chi connectivity index (χ1n) is 12.2. The average molecular weight is 518 g/mol. The zero-order chi connectivity index (χ0) is 26.9. The summed E-state index contributed by atoms with van der Waals surface area (Å²) < 4.78 is 31.5. The molecule has 0 saturated carbocycles. The van der Waals surface area contributed by atoms with Gasteiger partial charge in [-0.25, -0.2) is 8.42 Å². The number of methoxy groups -OCH3 is 1. The topological polar surface area (TPSA) is 96.0 Å². The van der Waals surface area contributed by atoms with E-state index in [1.807, 2.05) is 52.0 Å². The van der Waals surface area contributed by atoms with Crippen molar-refractivity contribution in [2.45, 2.75) is 65.6 Å². The minimum Gasteiger partial charge on any atom is -0.497 e. The van der Waals surface area contributed by atoms with Gasteiger partial charge in [0.25, 0.3) is 0 Å². The molecule has 1 N–H and O–H groups in total. The van der Waals surface area contributed by atoms with E-state index in [9.17, 15) is 18.0 Å². The fourth-order valence-electron chi connectivity index (χ4n) is 3.96. The fraction of sp³-hybridized carbons (Fsp3) is 0.481. The zero-order valence-electron chi connectivity index (χ0n) is 22.2. The Bertz CT molecular complexity index is 1120. The van der Waals surface area contributed by atoms with Gasteiger partial charge in [0.1, 0.15) is 11.8 Å². The molecule has 9 heteroatoms. The van der Waals surface area contributed by atoms with E-state index in [4.69, 9.17) is 4.74 Å². The van der Waals surface area contributed by atoms with Crippen LogP contribution in [0.25, 0.3) is 0 Å². The molecule has 0 aromatic heterocycles. The van der Waals surface area contributed by atoms with Crippen LogP contribution in [-0.2, 0) is 26.2 Å². The molecule has 36 heavy (non-hydrogen) atoms. The molecule has 0 heterocycles. The van der Waals surface area contributed by atoms with E-state index >= 15 is 0 Å². The molecule has 0 saturated heterocycles. The van der Waals surface area contributed by atoms with E-state index in [1.54, 1.807) is 29.2 Å². The van der Waals surface area contributed by atoms with E-state index in [-0.39, 0.29) is 30.8 Å². The van der Waals surface area contributed by atoms with Crippen molar-refractivity contribution >= 4 is 27.5 Å². The maximum atomic E-state index is 13.4. The molecule has 198 valence electrons. The number of rotatable bonds is 13. The summed E-state index contributed by atoms with van der Waals surface area (Å²) in [6.07, 6.45) is 2.01. The fourth-order valence-corrected chi connectivity index (χ4v) is 4.92. The molecule has 0 radical (unpaired) electrons. The van der Waals surface area contributed by atoms with Crippen LogP contribution >= 0.6 is 0 Å². The van der Waals surface area contributed by atoms with Crippen molar-refractivity contribution in [3.63, 3.8) is 0 Å². The lowest BCUT2D eigenvalue weighted by Crippen LogP contribution is -2.50. The minimum atomic E-state index is -3.57. The Morgan fingerprint density at radius 1 is 1.08 bits per heavy atom. The summed E-state index contributed by atoms with van der Waals surface area (Å²) in [6.45, 7) is 8.08. The highest BCUT2D eigenvalue weighted by molar-refractivity contribution is 7.92. The maximum Gasteiger partial charge on any atom is 0.243 e. The number of sulfonamides is 1. The Morgan fingerprint density at radius 2 is 1.75 bits per heavy atom. The van der Waals surface area contributed by atoms with Gasteiger partial charge in [0.15, 0.2) is 0 Å². The predicted octanol–water partition coefficient (Wildman–Crippen LogP) is 3.88. The molecule has 2 aromatic rings. The van der Waals surface area contributed by atoms with Crippen LogP contribution in [0, 0.1) is 6.92 Å². The van der Waals surface area contributed by atoms with Crippen molar-refractivity contribution < 1.29 is 22.7 Å². The van der Waals surface area contributed by atoms with Crippen LogP contribution in [0.5, 0.6) is 5.75 Å². The highest BCUT2D eigenvalue weighted by atomic mass is 32.2. The number of amides is 2. The first kappa shape index (κ1) is 29.2. The molecule has 0 unspecified atom stereocenters. The molecule has 0 fully saturated rings. The zero-order valence-corrected chi connectivity index (χ0v) is 23.0. The number of aryl methyl sites for hydroxylation is 1. The number of carbonyl (C=O) groups excluding carboxylic acids is 2. The Morgan fingerprint density at radius 3 is 2.31 bits per heavy atom. The largest absolute Gasteiger partial charge is 0.497 e. The van der Waals surface area contributed by atoms with E-state index < -0.39 is 16.1 Å². The van der Waals surface area contributed by atoms with Gasteiger partial charge in [0.2, 0.25) is 21.8 Å². The molecule has 8 nitrogen and oxygen atoms in total. The van der Waals surface area contributed by atoms with Gasteiger partial charge in [-0.1, -0.05) is 42.8 Å². The molecule has 0 aliphatic carbocycles. The van der Waals surface area contributed by atoms with Gasteiger partial charge in [-0.05, 0) is 51.3 Å². The minimum absolute atomic E-state index is 0.0472. The third kappa shape index (κ3) is 8.55. The number of nitrogens with one attached hydrogen (secondary N) is 1. The summed E-state index contributed by atoms with van der Waals surface area (Å²) in [5, 5.41) is 2.92. The van der Waals surface area contributed by atoms with Gasteiger partial charge in [-0.3, -0.25) is 13.9 Å². The first-order valence-corrected chi connectivity index (χ1v) is 14.1. The van der Waals surface area contributed by atoms with Crippen molar-refractivity contribution in [3.8, 4) is 5.75 Å². The Hall–Kier alpha value is -3.07. The number of ether oxygens (including phenoxy) is 1. The van der Waals surface area contributed by atoms with Gasteiger partial charge < -0.3 is 15.0 Å². The monoisotopic (exact) mass is 517 g/mol. The number of anilines is 1. The molecule has 2 rings (SSSR count). The average Bonchev–Trinajstić information content (AvgIpc) is 2.81. The van der Waals surface area contributed by atoms with E-state index in [1.165, 1.54) is 11.4 Å². The van der Waals surface area contributed by atoms with E-state index in [2.05, 4.69) is 5.32 Å². The number of nitrogens with zero attached hydrogens (tertiary/aromatic N) is 2. The van der Waals surface area contributed by atoms with E-state index in [0.717, 1.165) is 17.4 Å². The second-order valence-corrected chi connectivity index (χ2v) is 11.1. The number of hydrogen-bond acceptors (Lipinski definition) is 5. The third-order valence-corrected chi connectivity index (χ3v) is 6.98. The van der Waals surface area contributed by atoms with Gasteiger partial charge in [0, 0.05) is 31.6 Å². The van der Waals surface area contributed by atoms with Crippen LogP contribution in [0.4, 0.5) is 5.69 Å². The second-order valence-electron chi connectivity index (χ2n) is 9.23. The highest BCUT2D eigenvalue weighted by Crippen LogP contribution is 2.24. The summed E-state index contributed by atoms with van der Waals surface area (Å²) >= 11 is 0. The van der Waals surface area contributed by atoms with Crippen molar-refractivity contribution in [1.82, 2.24) is 10.2 Å². The molecule has 2 amide bonds. The van der Waals surface area contributed by atoms with Crippen LogP contribution in [0.1, 0.15) is 51.2 Å². The first-order chi connectivity index (χ1) is 17.0. The summed E-state index contributed by atoms with van der Waals surface area (Å²) in [7, 11) is -2.05. The molecule has 0 bridgehead atoms. The highest BCUT2D eigenvalue weighted by Gasteiger charge is 2.29. The molecule has 0 aliphatic heterocycles. The van der Waals surface area contributed by atoms with Gasteiger partial charge in [-0.15, -0.1) is 0 Å². The van der Waals surface area contributed by atoms with Gasteiger partial charge in [0.05, 0.1) is 19.1 Å². The number of hydrogen-bond donors (Lipinski definition) is 1. The predicted molar refractivity (Wildman–Crippen MR) is 144 cm³/mol. The lowest BCUT2D eigenvalue weighted by Gasteiger charge is -2.31. The molecule has 2 aromatic carbocycles. The Kier molecular flexibility index (Phi) is 10.8. The van der Waals surface area contributed by atoms with Crippen LogP contribution in [0.2, 0.25) is 0 Å². The maximum absolute atomic E-state index is 13.4.